The van der Waals surface area contributed by atoms with E-state index in [4.69, 9.17) is 4.74 Å². The minimum absolute atomic E-state index is 0.0719. The van der Waals surface area contributed by atoms with Gasteiger partial charge in [-0.2, -0.15) is 5.10 Å². The van der Waals surface area contributed by atoms with Crippen molar-refractivity contribution in [3.05, 3.63) is 35.9 Å². The molecule has 1 aromatic rings. The highest BCUT2D eigenvalue weighted by Gasteiger charge is 2.32. The molecule has 6 nitrogen and oxygen atoms in total. The maximum Gasteiger partial charge on any atom is 0.244 e. The van der Waals surface area contributed by atoms with Gasteiger partial charge >= 0.3 is 0 Å². The van der Waals surface area contributed by atoms with Crippen molar-refractivity contribution in [1.29, 1.82) is 0 Å². The number of benzene rings is 1. The van der Waals surface area contributed by atoms with Gasteiger partial charge in [0.1, 0.15) is 5.75 Å². The summed E-state index contributed by atoms with van der Waals surface area (Å²) >= 11 is 0. The smallest absolute Gasteiger partial charge is 0.244 e. The fourth-order valence-electron chi connectivity index (χ4n) is 2.19. The van der Waals surface area contributed by atoms with Crippen molar-refractivity contribution in [3.63, 3.8) is 0 Å². The molecule has 0 aromatic heterocycles. The summed E-state index contributed by atoms with van der Waals surface area (Å²) in [6.07, 6.45) is 5.27. The molecule has 1 saturated heterocycles. The molecule has 1 amide bonds. The van der Waals surface area contributed by atoms with Gasteiger partial charge in [0.25, 0.3) is 0 Å². The van der Waals surface area contributed by atoms with Crippen LogP contribution in [0.3, 0.4) is 0 Å². The average Bonchev–Trinajstić information content (AvgIpc) is 2.87. The first-order valence-electron chi connectivity index (χ1n) is 6.85. The predicted molar refractivity (Wildman–Crippen MR) is 85.4 cm³/mol. The first-order chi connectivity index (χ1) is 10.5. The summed E-state index contributed by atoms with van der Waals surface area (Å²) in [5, 5.41) is 3.79. The van der Waals surface area contributed by atoms with Crippen molar-refractivity contribution < 1.29 is 17.9 Å². The Hall–Kier alpha value is -2.15. The van der Waals surface area contributed by atoms with Crippen LogP contribution in [-0.4, -0.2) is 39.2 Å². The molecule has 0 bridgehead atoms. The zero-order chi connectivity index (χ0) is 16.0. The number of ether oxygens (including phenoxy) is 1. The second-order valence-electron chi connectivity index (χ2n) is 4.96. The number of para-hydroxylation sites is 1. The summed E-state index contributed by atoms with van der Waals surface area (Å²) in [6, 6.07) is 7.51. The Bertz CT molecular complexity index is 695. The zero-order valence-electron chi connectivity index (χ0n) is 12.2. The summed E-state index contributed by atoms with van der Waals surface area (Å²) in [4.78, 5) is 11.7. The molecule has 0 saturated carbocycles. The Kier molecular flexibility index (Phi) is 5.32. The molecular formula is C15H18N2O4S. The minimum atomic E-state index is -3.06. The van der Waals surface area contributed by atoms with Gasteiger partial charge in [-0.1, -0.05) is 18.2 Å². The fourth-order valence-corrected chi connectivity index (χ4v) is 3.93. The molecule has 1 aliphatic heterocycles. The Labute approximate surface area is 129 Å². The molecule has 1 heterocycles. The molecule has 2 rings (SSSR count). The topological polar surface area (TPSA) is 84.8 Å². The number of nitrogens with zero attached hydrogens (tertiary/aromatic N) is 1. The molecule has 0 aliphatic carbocycles. The van der Waals surface area contributed by atoms with E-state index < -0.39 is 15.8 Å². The molecule has 1 N–H and O–H groups in total. The number of methoxy groups -OCH3 is 1. The van der Waals surface area contributed by atoms with Gasteiger partial charge in [-0.05, 0) is 24.6 Å². The van der Waals surface area contributed by atoms with Crippen molar-refractivity contribution in [3.8, 4) is 5.75 Å². The molecule has 1 aromatic carbocycles. The third kappa shape index (κ3) is 4.42. The normalized spacial score (nSPS) is 20.5. The Morgan fingerprint density at radius 3 is 2.86 bits per heavy atom. The predicted octanol–water partition coefficient (Wildman–Crippen LogP) is 1.25. The molecule has 22 heavy (non-hydrogen) atoms. The lowest BCUT2D eigenvalue weighted by Crippen LogP contribution is -2.27. The summed E-state index contributed by atoms with van der Waals surface area (Å²) in [5.41, 5.74) is 3.25. The highest BCUT2D eigenvalue weighted by molar-refractivity contribution is 7.91. The minimum Gasteiger partial charge on any atom is -0.496 e. The third-order valence-corrected chi connectivity index (χ3v) is 5.12. The van der Waals surface area contributed by atoms with Gasteiger partial charge < -0.3 is 4.74 Å². The second kappa shape index (κ2) is 7.22. The Morgan fingerprint density at radius 2 is 2.18 bits per heavy atom. The number of sulfone groups is 1. The van der Waals surface area contributed by atoms with Gasteiger partial charge in [0, 0.05) is 11.8 Å². The fraction of sp³-hybridized carbons (Fsp3) is 0.333. The van der Waals surface area contributed by atoms with E-state index in [1.165, 1.54) is 6.21 Å². The lowest BCUT2D eigenvalue weighted by atomic mass is 10.1. The van der Waals surface area contributed by atoms with Crippen LogP contribution in [0.5, 0.6) is 5.75 Å². The molecule has 0 spiro atoms. The van der Waals surface area contributed by atoms with E-state index in [0.717, 1.165) is 11.3 Å². The largest absolute Gasteiger partial charge is 0.496 e. The van der Waals surface area contributed by atoms with Crippen LogP contribution in [-0.2, 0) is 14.6 Å². The standard InChI is InChI=1S/C15H18N2O4S/c1-21-14-7-3-2-5-12(14)6-4-9-16-17-15(18)13-8-10-22(19,20)11-13/h2-7,9,13H,8,10-11H2,1H3,(H,17,18)/b6-4+,16-9+. The summed E-state index contributed by atoms with van der Waals surface area (Å²) in [5.74, 6) is -0.135. The van der Waals surface area contributed by atoms with Crippen LogP contribution in [0.25, 0.3) is 6.08 Å². The number of carbonyl (C=O) groups excluding carboxylic acids is 1. The number of hydrazone groups is 1. The molecule has 0 radical (unpaired) electrons. The van der Waals surface area contributed by atoms with Crippen molar-refractivity contribution in [2.24, 2.45) is 11.0 Å². The van der Waals surface area contributed by atoms with E-state index in [2.05, 4.69) is 10.5 Å². The van der Waals surface area contributed by atoms with Gasteiger partial charge in [0.05, 0.1) is 24.5 Å². The molecule has 118 valence electrons. The van der Waals surface area contributed by atoms with Gasteiger partial charge in [-0.15, -0.1) is 0 Å². The van der Waals surface area contributed by atoms with Crippen molar-refractivity contribution in [1.82, 2.24) is 5.43 Å². The monoisotopic (exact) mass is 322 g/mol. The average molecular weight is 322 g/mol. The number of amides is 1. The van der Waals surface area contributed by atoms with Crippen LogP contribution in [0.2, 0.25) is 0 Å². The van der Waals surface area contributed by atoms with Gasteiger partial charge in [0.2, 0.25) is 5.91 Å². The van der Waals surface area contributed by atoms with E-state index in [0.29, 0.717) is 6.42 Å². The van der Waals surface area contributed by atoms with Crippen molar-refractivity contribution in [2.45, 2.75) is 6.42 Å². The van der Waals surface area contributed by atoms with Gasteiger partial charge in [-0.25, -0.2) is 13.8 Å². The Morgan fingerprint density at radius 1 is 1.41 bits per heavy atom. The number of allylic oxidation sites excluding steroid dienone is 1. The lowest BCUT2D eigenvalue weighted by molar-refractivity contribution is -0.124. The highest BCUT2D eigenvalue weighted by Crippen LogP contribution is 2.19. The molecule has 1 fully saturated rings. The lowest BCUT2D eigenvalue weighted by Gasteiger charge is -2.04. The van der Waals surface area contributed by atoms with E-state index in [1.807, 2.05) is 24.3 Å². The summed E-state index contributed by atoms with van der Waals surface area (Å²) in [6.45, 7) is 0. The number of rotatable bonds is 5. The van der Waals surface area contributed by atoms with Crippen LogP contribution < -0.4 is 10.2 Å². The molecule has 1 atom stereocenters. The quantitative estimate of drug-likeness (QED) is 0.653. The van der Waals surface area contributed by atoms with Crippen LogP contribution in [0.15, 0.2) is 35.4 Å². The van der Waals surface area contributed by atoms with Crippen LogP contribution >= 0.6 is 0 Å². The number of nitrogens with one attached hydrogen (secondary N) is 1. The first kappa shape index (κ1) is 16.2. The molecule has 1 unspecified atom stereocenters. The SMILES string of the molecule is COc1ccccc1/C=C/C=N/NC(=O)C1CCS(=O)(=O)C1. The number of hydrogen-bond acceptors (Lipinski definition) is 5. The van der Waals surface area contributed by atoms with E-state index in [1.54, 1.807) is 19.3 Å². The zero-order valence-corrected chi connectivity index (χ0v) is 13.0. The highest BCUT2D eigenvalue weighted by atomic mass is 32.2. The van der Waals surface area contributed by atoms with Gasteiger partial charge in [-0.3, -0.25) is 4.79 Å². The van der Waals surface area contributed by atoms with E-state index in [9.17, 15) is 13.2 Å². The van der Waals surface area contributed by atoms with Crippen molar-refractivity contribution in [2.75, 3.05) is 18.6 Å². The summed E-state index contributed by atoms with van der Waals surface area (Å²) in [7, 11) is -1.47. The molecule has 7 heteroatoms. The third-order valence-electron chi connectivity index (χ3n) is 3.35. The van der Waals surface area contributed by atoms with Crippen LogP contribution in [0.4, 0.5) is 0 Å². The number of hydrogen-bond donors (Lipinski definition) is 1. The van der Waals surface area contributed by atoms with Gasteiger partial charge in [0.15, 0.2) is 9.84 Å². The van der Waals surface area contributed by atoms with E-state index in [-0.39, 0.29) is 17.4 Å². The van der Waals surface area contributed by atoms with Crippen molar-refractivity contribution >= 4 is 28.0 Å². The maximum absolute atomic E-state index is 11.7. The maximum atomic E-state index is 11.7. The molecular weight excluding hydrogens is 304 g/mol. The van der Waals surface area contributed by atoms with Crippen LogP contribution in [0.1, 0.15) is 12.0 Å². The number of carbonyl (C=O) groups is 1. The second-order valence-corrected chi connectivity index (χ2v) is 7.18. The van der Waals surface area contributed by atoms with Crippen LogP contribution in [0, 0.1) is 5.92 Å². The molecule has 1 aliphatic rings. The Balaban J connectivity index is 1.85. The summed E-state index contributed by atoms with van der Waals surface area (Å²) < 4.78 is 27.8. The first-order valence-corrected chi connectivity index (χ1v) is 8.67. The van der Waals surface area contributed by atoms with E-state index >= 15 is 0 Å².